The van der Waals surface area contributed by atoms with Crippen molar-refractivity contribution in [3.05, 3.63) is 108 Å². The number of halogens is 1. The minimum atomic E-state index is -0.284. The summed E-state index contributed by atoms with van der Waals surface area (Å²) in [6, 6.07) is 21.3. The van der Waals surface area contributed by atoms with Gasteiger partial charge in [0.1, 0.15) is 5.82 Å². The van der Waals surface area contributed by atoms with Crippen LogP contribution < -0.4 is 5.32 Å². The fourth-order valence-electron chi connectivity index (χ4n) is 3.17. The monoisotopic (exact) mass is 397 g/mol. The molecule has 2 aromatic heterocycles. The van der Waals surface area contributed by atoms with E-state index in [2.05, 4.69) is 15.3 Å². The summed E-state index contributed by atoms with van der Waals surface area (Å²) in [6.45, 7) is 2.32. The fraction of sp³-hybridized carbons (Fsp3) is 0.0800. The second-order valence-corrected chi connectivity index (χ2v) is 7.01. The van der Waals surface area contributed by atoms with Crippen molar-refractivity contribution in [2.24, 2.45) is 0 Å². The first-order valence-corrected chi connectivity index (χ1v) is 9.61. The molecule has 2 heterocycles. The van der Waals surface area contributed by atoms with E-state index in [1.54, 1.807) is 30.6 Å². The van der Waals surface area contributed by atoms with E-state index in [4.69, 9.17) is 0 Å². The minimum absolute atomic E-state index is 0.172. The number of nitrogens with one attached hydrogen (secondary N) is 1. The largest absolute Gasteiger partial charge is 0.348 e. The van der Waals surface area contributed by atoms with Gasteiger partial charge < -0.3 is 5.32 Å². The lowest BCUT2D eigenvalue weighted by Gasteiger charge is -2.08. The van der Waals surface area contributed by atoms with Crippen LogP contribution in [0.1, 0.15) is 21.6 Å². The van der Waals surface area contributed by atoms with Gasteiger partial charge in [-0.05, 0) is 66.1 Å². The van der Waals surface area contributed by atoms with E-state index < -0.39 is 0 Å². The molecule has 0 fully saturated rings. The Bertz CT molecular complexity index is 1170. The van der Waals surface area contributed by atoms with Gasteiger partial charge in [-0.1, -0.05) is 30.3 Å². The third-order valence-corrected chi connectivity index (χ3v) is 4.78. The summed E-state index contributed by atoms with van der Waals surface area (Å²) in [5, 5.41) is 2.90. The maximum Gasteiger partial charge on any atom is 0.251 e. The van der Waals surface area contributed by atoms with E-state index in [0.717, 1.165) is 33.6 Å². The van der Waals surface area contributed by atoms with Gasteiger partial charge in [0.05, 0.1) is 5.69 Å². The van der Waals surface area contributed by atoms with Crippen LogP contribution >= 0.6 is 0 Å². The molecule has 148 valence electrons. The van der Waals surface area contributed by atoms with E-state index in [1.165, 1.54) is 12.1 Å². The molecule has 4 nitrogen and oxygen atoms in total. The van der Waals surface area contributed by atoms with Gasteiger partial charge in [-0.3, -0.25) is 14.8 Å². The molecule has 30 heavy (non-hydrogen) atoms. The Morgan fingerprint density at radius 2 is 1.73 bits per heavy atom. The van der Waals surface area contributed by atoms with Crippen LogP contribution in [0.4, 0.5) is 4.39 Å². The summed E-state index contributed by atoms with van der Waals surface area (Å²) < 4.78 is 13.4. The second-order valence-electron chi connectivity index (χ2n) is 7.01. The average Bonchev–Trinajstić information content (AvgIpc) is 2.78. The number of aromatic nitrogens is 2. The van der Waals surface area contributed by atoms with Crippen molar-refractivity contribution in [1.82, 2.24) is 15.3 Å². The fourth-order valence-corrected chi connectivity index (χ4v) is 3.17. The van der Waals surface area contributed by atoms with Gasteiger partial charge in [0, 0.05) is 35.8 Å². The van der Waals surface area contributed by atoms with Gasteiger partial charge in [-0.25, -0.2) is 4.39 Å². The highest BCUT2D eigenvalue weighted by molar-refractivity contribution is 5.94. The van der Waals surface area contributed by atoms with Gasteiger partial charge in [-0.2, -0.15) is 0 Å². The van der Waals surface area contributed by atoms with Crippen LogP contribution in [0.3, 0.4) is 0 Å². The lowest BCUT2D eigenvalue weighted by Crippen LogP contribution is -2.22. The Kier molecular flexibility index (Phi) is 5.61. The van der Waals surface area contributed by atoms with Gasteiger partial charge >= 0.3 is 0 Å². The van der Waals surface area contributed by atoms with Crippen molar-refractivity contribution >= 4 is 5.91 Å². The maximum atomic E-state index is 13.4. The Morgan fingerprint density at radius 1 is 0.900 bits per heavy atom. The normalized spacial score (nSPS) is 10.6. The number of pyridine rings is 2. The van der Waals surface area contributed by atoms with Crippen LogP contribution in [0.25, 0.3) is 22.4 Å². The molecule has 1 amide bonds. The van der Waals surface area contributed by atoms with Crippen molar-refractivity contribution in [3.8, 4) is 22.4 Å². The molecule has 2 aromatic carbocycles. The molecule has 0 spiro atoms. The SMILES string of the molecule is Cc1cc(-c2ccc(CNC(=O)c3ccc(-c4cccc(F)c4)cc3)cn2)ccn1. The topological polar surface area (TPSA) is 54.9 Å². The molecule has 0 bridgehead atoms. The van der Waals surface area contributed by atoms with Crippen LogP contribution in [0.15, 0.2) is 85.2 Å². The molecule has 0 aliphatic heterocycles. The van der Waals surface area contributed by atoms with Crippen molar-refractivity contribution < 1.29 is 9.18 Å². The Hall–Kier alpha value is -3.86. The first-order chi connectivity index (χ1) is 14.6. The van der Waals surface area contributed by atoms with E-state index in [1.807, 2.05) is 49.4 Å². The number of rotatable bonds is 5. The number of hydrogen-bond donors (Lipinski definition) is 1. The zero-order valence-corrected chi connectivity index (χ0v) is 16.5. The number of benzene rings is 2. The van der Waals surface area contributed by atoms with Gasteiger partial charge in [0.25, 0.3) is 5.91 Å². The molecule has 4 rings (SSSR count). The molecule has 0 saturated carbocycles. The second kappa shape index (κ2) is 8.66. The molecule has 0 saturated heterocycles. The first kappa shape index (κ1) is 19.5. The van der Waals surface area contributed by atoms with Gasteiger partial charge in [0.2, 0.25) is 0 Å². The van der Waals surface area contributed by atoms with Crippen molar-refractivity contribution in [2.45, 2.75) is 13.5 Å². The summed E-state index contributed by atoms with van der Waals surface area (Å²) in [5.41, 5.74) is 5.91. The molecule has 5 heteroatoms. The smallest absolute Gasteiger partial charge is 0.251 e. The van der Waals surface area contributed by atoms with Crippen LogP contribution in [0, 0.1) is 12.7 Å². The molecule has 0 radical (unpaired) electrons. The number of hydrogen-bond acceptors (Lipinski definition) is 3. The number of carbonyl (C=O) groups excluding carboxylic acids is 1. The zero-order chi connectivity index (χ0) is 20.9. The molecule has 0 atom stereocenters. The lowest BCUT2D eigenvalue weighted by atomic mass is 10.0. The summed E-state index contributed by atoms with van der Waals surface area (Å²) in [6.07, 6.45) is 3.53. The summed E-state index contributed by atoms with van der Waals surface area (Å²) >= 11 is 0. The molecule has 0 unspecified atom stereocenters. The summed E-state index contributed by atoms with van der Waals surface area (Å²) in [7, 11) is 0. The molecular formula is C25H20FN3O. The summed E-state index contributed by atoms with van der Waals surface area (Å²) in [5.74, 6) is -0.456. The van der Waals surface area contributed by atoms with E-state index in [-0.39, 0.29) is 11.7 Å². The first-order valence-electron chi connectivity index (χ1n) is 9.61. The average molecular weight is 397 g/mol. The maximum absolute atomic E-state index is 13.4. The molecular weight excluding hydrogens is 377 g/mol. The highest BCUT2D eigenvalue weighted by Crippen LogP contribution is 2.21. The number of amides is 1. The van der Waals surface area contributed by atoms with E-state index in [0.29, 0.717) is 12.1 Å². The van der Waals surface area contributed by atoms with E-state index in [9.17, 15) is 9.18 Å². The predicted molar refractivity (Wildman–Crippen MR) is 115 cm³/mol. The third kappa shape index (κ3) is 4.58. The Morgan fingerprint density at radius 3 is 2.43 bits per heavy atom. The van der Waals surface area contributed by atoms with Crippen LogP contribution in [-0.2, 0) is 6.54 Å². The van der Waals surface area contributed by atoms with E-state index >= 15 is 0 Å². The Balaban J connectivity index is 1.38. The van der Waals surface area contributed by atoms with Crippen molar-refractivity contribution in [2.75, 3.05) is 0 Å². The zero-order valence-electron chi connectivity index (χ0n) is 16.5. The highest BCUT2D eigenvalue weighted by atomic mass is 19.1. The predicted octanol–water partition coefficient (Wildman–Crippen LogP) is 5.19. The molecule has 4 aromatic rings. The Labute approximate surface area is 174 Å². The standard InChI is InChI=1S/C25H20FN3O/c1-17-13-22(11-12-27-17)24-10-5-18(15-28-24)16-29-25(30)20-8-6-19(7-9-20)21-3-2-4-23(26)14-21/h2-15H,16H2,1H3,(H,29,30). The van der Waals surface area contributed by atoms with Gasteiger partial charge in [0.15, 0.2) is 0 Å². The number of nitrogens with zero attached hydrogens (tertiary/aromatic N) is 2. The number of aryl methyl sites for hydroxylation is 1. The third-order valence-electron chi connectivity index (χ3n) is 4.78. The lowest BCUT2D eigenvalue weighted by molar-refractivity contribution is 0.0951. The van der Waals surface area contributed by atoms with Crippen LogP contribution in [-0.4, -0.2) is 15.9 Å². The van der Waals surface area contributed by atoms with Gasteiger partial charge in [-0.15, -0.1) is 0 Å². The number of carbonyl (C=O) groups is 1. The molecule has 1 N–H and O–H groups in total. The quantitative estimate of drug-likeness (QED) is 0.504. The van der Waals surface area contributed by atoms with Crippen LogP contribution in [0.5, 0.6) is 0 Å². The highest BCUT2D eigenvalue weighted by Gasteiger charge is 2.07. The van der Waals surface area contributed by atoms with Crippen molar-refractivity contribution in [1.29, 1.82) is 0 Å². The minimum Gasteiger partial charge on any atom is -0.348 e. The molecule has 0 aliphatic rings. The van der Waals surface area contributed by atoms with Crippen molar-refractivity contribution in [3.63, 3.8) is 0 Å². The van der Waals surface area contributed by atoms with Crippen LogP contribution in [0.2, 0.25) is 0 Å². The molecule has 0 aliphatic carbocycles. The summed E-state index contributed by atoms with van der Waals surface area (Å²) in [4.78, 5) is 21.1.